The van der Waals surface area contributed by atoms with Crippen LogP contribution in [0.2, 0.25) is 0 Å². The van der Waals surface area contributed by atoms with Crippen LogP contribution in [0.4, 0.5) is 0 Å². The van der Waals surface area contributed by atoms with Crippen LogP contribution in [0.1, 0.15) is 0 Å². The summed E-state index contributed by atoms with van der Waals surface area (Å²) in [5, 5.41) is 9.06. The number of pyridine rings is 1. The average Bonchev–Trinajstić information content (AvgIpc) is 2.36. The first-order valence-corrected chi connectivity index (χ1v) is 2.80. The van der Waals surface area contributed by atoms with Gasteiger partial charge in [-0.05, 0) is 0 Å². The van der Waals surface area contributed by atoms with Crippen LogP contribution in [0, 0.1) is 0 Å². The van der Waals surface area contributed by atoms with Gasteiger partial charge >= 0.3 is 0 Å². The van der Waals surface area contributed by atoms with Crippen LogP contribution in [0.5, 0.6) is 17.2 Å². The van der Waals surface area contributed by atoms with E-state index in [1.165, 1.54) is 12.4 Å². The standard InChI is InChI=1S/C6H5NO3/c8-4-1-7-2-5-6(4)10-3-9-5/h1-2,8H,3H2. The zero-order valence-corrected chi connectivity index (χ0v) is 5.07. The van der Waals surface area contributed by atoms with Gasteiger partial charge in [-0.3, -0.25) is 4.98 Å². The SMILES string of the molecule is Oc1cncc2c1OCO2. The summed E-state index contributed by atoms with van der Waals surface area (Å²) >= 11 is 0. The van der Waals surface area contributed by atoms with Gasteiger partial charge in [0.05, 0.1) is 12.4 Å². The maximum atomic E-state index is 9.06. The second-order valence-electron chi connectivity index (χ2n) is 1.89. The summed E-state index contributed by atoms with van der Waals surface area (Å²) in [6, 6.07) is 0. The number of hydrogen-bond donors (Lipinski definition) is 1. The van der Waals surface area contributed by atoms with Crippen LogP contribution < -0.4 is 9.47 Å². The molecule has 52 valence electrons. The second kappa shape index (κ2) is 1.76. The highest BCUT2D eigenvalue weighted by atomic mass is 16.7. The van der Waals surface area contributed by atoms with Gasteiger partial charge in [0.2, 0.25) is 12.5 Å². The summed E-state index contributed by atoms with van der Waals surface area (Å²) in [6.07, 6.45) is 2.82. The first-order chi connectivity index (χ1) is 4.88. The van der Waals surface area contributed by atoms with Crippen LogP contribution in [0.25, 0.3) is 0 Å². The Kier molecular flexibility index (Phi) is 0.943. The molecule has 1 aromatic heterocycles. The van der Waals surface area contributed by atoms with E-state index in [0.717, 1.165) is 0 Å². The van der Waals surface area contributed by atoms with Gasteiger partial charge in [0, 0.05) is 0 Å². The van der Waals surface area contributed by atoms with Gasteiger partial charge < -0.3 is 14.6 Å². The fourth-order valence-electron chi connectivity index (χ4n) is 0.819. The Bertz CT molecular complexity index is 261. The molecule has 2 rings (SSSR count). The highest BCUT2D eigenvalue weighted by Gasteiger charge is 2.16. The monoisotopic (exact) mass is 139 g/mol. The molecule has 0 atom stereocenters. The number of ether oxygens (including phenoxy) is 2. The number of fused-ring (bicyclic) bond motifs is 1. The highest BCUT2D eigenvalue weighted by molar-refractivity contribution is 5.48. The summed E-state index contributed by atoms with van der Waals surface area (Å²) in [4.78, 5) is 3.70. The van der Waals surface area contributed by atoms with Crippen LogP contribution in [-0.4, -0.2) is 16.9 Å². The molecule has 0 saturated carbocycles. The van der Waals surface area contributed by atoms with Crippen molar-refractivity contribution in [1.82, 2.24) is 4.98 Å². The Morgan fingerprint density at radius 1 is 1.40 bits per heavy atom. The lowest BCUT2D eigenvalue weighted by Crippen LogP contribution is -1.93. The topological polar surface area (TPSA) is 51.6 Å². The minimum absolute atomic E-state index is 0.0231. The van der Waals surface area contributed by atoms with Crippen LogP contribution in [-0.2, 0) is 0 Å². The summed E-state index contributed by atoms with van der Waals surface area (Å²) in [5.74, 6) is 0.907. The lowest BCUT2D eigenvalue weighted by molar-refractivity contribution is 0.171. The third-order valence-electron chi connectivity index (χ3n) is 1.26. The summed E-state index contributed by atoms with van der Waals surface area (Å²) in [6.45, 7) is 0.161. The zero-order chi connectivity index (χ0) is 6.97. The molecule has 0 aliphatic carbocycles. The minimum Gasteiger partial charge on any atom is -0.503 e. The van der Waals surface area contributed by atoms with E-state index >= 15 is 0 Å². The molecule has 10 heavy (non-hydrogen) atoms. The van der Waals surface area contributed by atoms with Gasteiger partial charge in [-0.25, -0.2) is 0 Å². The first-order valence-electron chi connectivity index (χ1n) is 2.80. The van der Waals surface area contributed by atoms with Gasteiger partial charge in [-0.2, -0.15) is 0 Å². The minimum atomic E-state index is 0.0231. The Morgan fingerprint density at radius 3 is 3.10 bits per heavy atom. The van der Waals surface area contributed by atoms with Gasteiger partial charge in [-0.15, -0.1) is 0 Å². The molecule has 2 heterocycles. The zero-order valence-electron chi connectivity index (χ0n) is 5.07. The lowest BCUT2D eigenvalue weighted by atomic mass is 10.4. The first kappa shape index (κ1) is 5.34. The summed E-state index contributed by atoms with van der Waals surface area (Å²) in [5.41, 5.74) is 0. The number of aromatic hydroxyl groups is 1. The molecule has 0 bridgehead atoms. The van der Waals surface area contributed by atoms with Crippen LogP contribution in [0.3, 0.4) is 0 Å². The largest absolute Gasteiger partial charge is 0.503 e. The predicted octanol–water partition coefficient (Wildman–Crippen LogP) is 0.516. The van der Waals surface area contributed by atoms with Crippen molar-refractivity contribution in [3.05, 3.63) is 12.4 Å². The third-order valence-corrected chi connectivity index (χ3v) is 1.26. The van der Waals surface area contributed by atoms with Crippen molar-refractivity contribution in [3.63, 3.8) is 0 Å². The van der Waals surface area contributed by atoms with E-state index in [-0.39, 0.29) is 12.5 Å². The number of rotatable bonds is 0. The van der Waals surface area contributed by atoms with Crippen molar-refractivity contribution in [2.45, 2.75) is 0 Å². The van der Waals surface area contributed by atoms with E-state index < -0.39 is 0 Å². The average molecular weight is 139 g/mol. The molecule has 0 radical (unpaired) electrons. The molecular formula is C6H5NO3. The molecule has 4 heteroatoms. The van der Waals surface area contributed by atoms with E-state index in [1.807, 2.05) is 0 Å². The molecule has 1 aliphatic rings. The van der Waals surface area contributed by atoms with E-state index in [0.29, 0.717) is 11.5 Å². The maximum absolute atomic E-state index is 9.06. The van der Waals surface area contributed by atoms with Crippen molar-refractivity contribution in [2.24, 2.45) is 0 Å². The third kappa shape index (κ3) is 0.586. The lowest BCUT2D eigenvalue weighted by Gasteiger charge is -1.94. The Morgan fingerprint density at radius 2 is 2.30 bits per heavy atom. The Hall–Kier alpha value is -1.45. The van der Waals surface area contributed by atoms with Gasteiger partial charge in [0.25, 0.3) is 0 Å². The highest BCUT2D eigenvalue weighted by Crippen LogP contribution is 2.38. The molecule has 0 aromatic carbocycles. The predicted molar refractivity (Wildman–Crippen MR) is 32.0 cm³/mol. The van der Waals surface area contributed by atoms with Crippen molar-refractivity contribution in [3.8, 4) is 17.2 Å². The Labute approximate surface area is 57.0 Å². The van der Waals surface area contributed by atoms with Gasteiger partial charge in [-0.1, -0.05) is 0 Å². The normalized spacial score (nSPS) is 13.6. The van der Waals surface area contributed by atoms with Crippen molar-refractivity contribution in [2.75, 3.05) is 6.79 Å². The fraction of sp³-hybridized carbons (Fsp3) is 0.167. The molecule has 0 fully saturated rings. The van der Waals surface area contributed by atoms with E-state index in [9.17, 15) is 0 Å². The maximum Gasteiger partial charge on any atom is 0.231 e. The molecule has 0 amide bonds. The Balaban J connectivity index is 2.59. The summed E-state index contributed by atoms with van der Waals surface area (Å²) in [7, 11) is 0. The van der Waals surface area contributed by atoms with Crippen molar-refractivity contribution in [1.29, 1.82) is 0 Å². The molecule has 4 nitrogen and oxygen atoms in total. The molecule has 1 aromatic rings. The van der Waals surface area contributed by atoms with E-state index in [2.05, 4.69) is 4.98 Å². The molecule has 1 N–H and O–H groups in total. The molecule has 0 unspecified atom stereocenters. The number of aromatic nitrogens is 1. The molecule has 1 aliphatic heterocycles. The molecular weight excluding hydrogens is 134 g/mol. The van der Waals surface area contributed by atoms with Crippen molar-refractivity contribution < 1.29 is 14.6 Å². The molecule has 0 spiro atoms. The summed E-state index contributed by atoms with van der Waals surface area (Å²) < 4.78 is 9.85. The second-order valence-corrected chi connectivity index (χ2v) is 1.89. The van der Waals surface area contributed by atoms with Crippen molar-refractivity contribution >= 4 is 0 Å². The quantitative estimate of drug-likeness (QED) is 0.569. The smallest absolute Gasteiger partial charge is 0.231 e. The number of nitrogens with zero attached hydrogens (tertiary/aromatic N) is 1. The van der Waals surface area contributed by atoms with Crippen LogP contribution >= 0.6 is 0 Å². The van der Waals surface area contributed by atoms with E-state index in [4.69, 9.17) is 14.6 Å². The molecule has 0 saturated heterocycles. The van der Waals surface area contributed by atoms with Gasteiger partial charge in [0.1, 0.15) is 0 Å². The van der Waals surface area contributed by atoms with E-state index in [1.54, 1.807) is 0 Å². The van der Waals surface area contributed by atoms with Gasteiger partial charge in [0.15, 0.2) is 11.5 Å². The fourth-order valence-corrected chi connectivity index (χ4v) is 0.819. The number of hydrogen-bond acceptors (Lipinski definition) is 4. The van der Waals surface area contributed by atoms with Crippen LogP contribution in [0.15, 0.2) is 12.4 Å².